The molecular formula is C46H52N4O10. The lowest BCUT2D eigenvalue weighted by Crippen LogP contribution is -2.52. The molecule has 5 N–H and O–H groups in total. The van der Waals surface area contributed by atoms with Gasteiger partial charge < -0.3 is 44.7 Å². The summed E-state index contributed by atoms with van der Waals surface area (Å²) in [5.41, 5.74) is 7.22. The van der Waals surface area contributed by atoms with E-state index in [9.17, 15) is 29.4 Å². The van der Waals surface area contributed by atoms with Gasteiger partial charge in [-0.05, 0) is 89.2 Å². The summed E-state index contributed by atoms with van der Waals surface area (Å²) < 4.78 is 22.7. The number of phenolic OH excluding ortho intramolecular Hbond substituents is 2. The third-order valence-corrected chi connectivity index (χ3v) is 10.2. The van der Waals surface area contributed by atoms with Crippen molar-refractivity contribution in [3.63, 3.8) is 0 Å². The zero-order valence-electron chi connectivity index (χ0n) is 33.7. The van der Waals surface area contributed by atoms with E-state index in [1.54, 1.807) is 36.4 Å². The number of nitrogens with one attached hydrogen (secondary N) is 3. The average Bonchev–Trinajstić information content (AvgIpc) is 3.59. The smallest absolute Gasteiger partial charge is 0.255 e. The number of ether oxygens (including phenoxy) is 4. The molecule has 316 valence electrons. The number of hydrogen-bond acceptors (Lipinski definition) is 11. The van der Waals surface area contributed by atoms with E-state index in [4.69, 9.17) is 18.9 Å². The Morgan fingerprint density at radius 2 is 1.37 bits per heavy atom. The molecular weight excluding hydrogens is 769 g/mol. The molecule has 1 unspecified atom stereocenters. The third-order valence-electron chi connectivity index (χ3n) is 10.2. The molecule has 0 saturated carbocycles. The summed E-state index contributed by atoms with van der Waals surface area (Å²) in [5, 5.41) is 28.2. The van der Waals surface area contributed by atoms with Gasteiger partial charge in [-0.3, -0.25) is 24.5 Å². The van der Waals surface area contributed by atoms with Crippen molar-refractivity contribution in [1.82, 2.24) is 15.5 Å². The van der Waals surface area contributed by atoms with Gasteiger partial charge in [0.05, 0.1) is 46.2 Å². The molecule has 4 aromatic rings. The highest BCUT2D eigenvalue weighted by Crippen LogP contribution is 2.36. The number of imide groups is 1. The number of allylic oxidation sites excluding steroid dienone is 1. The minimum atomic E-state index is -0.657. The fourth-order valence-electron chi connectivity index (χ4n) is 7.21. The molecule has 0 spiro atoms. The van der Waals surface area contributed by atoms with Crippen LogP contribution in [0.2, 0.25) is 0 Å². The van der Waals surface area contributed by atoms with Crippen LogP contribution in [0.5, 0.6) is 17.2 Å². The molecule has 0 radical (unpaired) electrons. The minimum absolute atomic E-state index is 0.138. The lowest BCUT2D eigenvalue weighted by Gasteiger charge is -2.29. The molecule has 4 aromatic carbocycles. The Kier molecular flexibility index (Phi) is 15.7. The number of benzene rings is 4. The van der Waals surface area contributed by atoms with Crippen molar-refractivity contribution in [2.75, 3.05) is 64.7 Å². The van der Waals surface area contributed by atoms with E-state index in [0.717, 1.165) is 45.5 Å². The molecule has 60 heavy (non-hydrogen) atoms. The van der Waals surface area contributed by atoms with Crippen LogP contribution in [0.15, 0.2) is 91.0 Å². The van der Waals surface area contributed by atoms with Crippen LogP contribution in [-0.2, 0) is 35.1 Å². The Hall–Kier alpha value is -6.22. The van der Waals surface area contributed by atoms with Crippen molar-refractivity contribution in [3.05, 3.63) is 119 Å². The van der Waals surface area contributed by atoms with Crippen LogP contribution in [0.25, 0.3) is 11.1 Å². The minimum Gasteiger partial charge on any atom is -0.508 e. The Morgan fingerprint density at radius 3 is 2.02 bits per heavy atom. The highest BCUT2D eigenvalue weighted by Gasteiger charge is 2.39. The van der Waals surface area contributed by atoms with Crippen LogP contribution < -0.4 is 20.7 Å². The van der Waals surface area contributed by atoms with Gasteiger partial charge in [0.1, 0.15) is 29.9 Å². The third kappa shape index (κ3) is 11.7. The Morgan fingerprint density at radius 1 is 0.750 bits per heavy atom. The summed E-state index contributed by atoms with van der Waals surface area (Å²) in [5.74, 6) is -0.0374. The Labute approximate surface area is 349 Å². The van der Waals surface area contributed by atoms with Gasteiger partial charge in [0.25, 0.3) is 5.91 Å². The number of phenols is 2. The van der Waals surface area contributed by atoms with Crippen LogP contribution in [0.4, 0.5) is 5.69 Å². The number of carbonyl (C=O) groups excluding carboxylic acids is 4. The maximum atomic E-state index is 13.0. The van der Waals surface area contributed by atoms with Crippen molar-refractivity contribution < 1.29 is 48.3 Å². The first-order chi connectivity index (χ1) is 29.2. The monoisotopic (exact) mass is 820 g/mol. The molecule has 1 fully saturated rings. The first-order valence-electron chi connectivity index (χ1n) is 20.3. The summed E-state index contributed by atoms with van der Waals surface area (Å²) in [6.07, 6.45) is 1.49. The predicted octanol–water partition coefficient (Wildman–Crippen LogP) is 5.27. The molecule has 1 atom stereocenters. The van der Waals surface area contributed by atoms with Crippen LogP contribution >= 0.6 is 0 Å². The topological polar surface area (TPSA) is 185 Å². The number of carbonyl (C=O) groups is 4. The van der Waals surface area contributed by atoms with Gasteiger partial charge >= 0.3 is 0 Å². The van der Waals surface area contributed by atoms with Crippen LogP contribution in [0, 0.1) is 0 Å². The van der Waals surface area contributed by atoms with Crippen molar-refractivity contribution in [2.24, 2.45) is 0 Å². The Balaban J connectivity index is 0.808. The highest BCUT2D eigenvalue weighted by atomic mass is 16.5. The molecule has 0 bridgehead atoms. The summed E-state index contributed by atoms with van der Waals surface area (Å²) in [6.45, 7) is 5.72. The fourth-order valence-corrected chi connectivity index (χ4v) is 7.21. The van der Waals surface area contributed by atoms with Gasteiger partial charge in [-0.15, -0.1) is 0 Å². The van der Waals surface area contributed by atoms with E-state index in [1.807, 2.05) is 54.6 Å². The van der Waals surface area contributed by atoms with E-state index < -0.39 is 11.9 Å². The van der Waals surface area contributed by atoms with E-state index >= 15 is 0 Å². The van der Waals surface area contributed by atoms with Crippen LogP contribution in [0.3, 0.4) is 0 Å². The maximum Gasteiger partial charge on any atom is 0.255 e. The number of hydrogen-bond donors (Lipinski definition) is 5. The number of piperidine rings is 1. The summed E-state index contributed by atoms with van der Waals surface area (Å²) in [4.78, 5) is 50.7. The fraction of sp³-hybridized carbons (Fsp3) is 0.348. The zero-order valence-corrected chi connectivity index (χ0v) is 33.7. The molecule has 14 heteroatoms. The summed E-state index contributed by atoms with van der Waals surface area (Å²) >= 11 is 0. The molecule has 6 rings (SSSR count). The normalized spacial score (nSPS) is 15.3. The van der Waals surface area contributed by atoms with Crippen LogP contribution in [-0.4, -0.2) is 104 Å². The van der Waals surface area contributed by atoms with E-state index in [0.29, 0.717) is 77.0 Å². The van der Waals surface area contributed by atoms with Gasteiger partial charge in [-0.1, -0.05) is 49.4 Å². The predicted molar refractivity (Wildman–Crippen MR) is 225 cm³/mol. The van der Waals surface area contributed by atoms with Crippen molar-refractivity contribution in [2.45, 2.75) is 45.2 Å². The molecule has 14 nitrogen and oxygen atoms in total. The molecule has 0 aromatic heterocycles. The first-order valence-corrected chi connectivity index (χ1v) is 20.3. The van der Waals surface area contributed by atoms with E-state index in [1.165, 1.54) is 4.90 Å². The number of anilines is 1. The van der Waals surface area contributed by atoms with Crippen molar-refractivity contribution in [1.29, 1.82) is 0 Å². The SMILES string of the molecule is CCC(=C(c1ccc(O)cc1)c1ccc(OCCNC(=O)CCOCCOCCOCCNc2cccc3c2CN(C2CCC(=O)NC2=O)C3=O)cc1)c1ccc(O)cc1. The zero-order chi connectivity index (χ0) is 42.3. The summed E-state index contributed by atoms with van der Waals surface area (Å²) in [7, 11) is 0. The number of aromatic hydroxyl groups is 2. The van der Waals surface area contributed by atoms with Crippen LogP contribution in [0.1, 0.15) is 65.2 Å². The second-order valence-electron chi connectivity index (χ2n) is 14.3. The lowest BCUT2D eigenvalue weighted by molar-refractivity contribution is -0.137. The van der Waals surface area contributed by atoms with Gasteiger partial charge in [-0.25, -0.2) is 0 Å². The first kappa shape index (κ1) is 43.4. The average molecular weight is 821 g/mol. The second-order valence-corrected chi connectivity index (χ2v) is 14.3. The standard InChI is InChI=1S/C46H52N4O10/c1-2-37(31-6-12-34(51)13-7-31)44(32-8-14-35(52)15-9-32)33-10-16-36(17-11-33)60-25-22-48-42(53)20-23-57-26-28-59-29-27-58-24-21-47-40-5-3-4-38-39(40)30-50(46(38)56)41-18-19-43(54)49-45(41)55/h3-17,41,47,51-52H,2,18-30H2,1H3,(H,48,53)(H,49,54,55). The molecule has 1 saturated heterocycles. The van der Waals surface area contributed by atoms with E-state index in [-0.39, 0.29) is 48.7 Å². The highest BCUT2D eigenvalue weighted by molar-refractivity contribution is 6.06. The lowest BCUT2D eigenvalue weighted by atomic mass is 9.88. The Bertz CT molecular complexity index is 2120. The quantitative estimate of drug-likeness (QED) is 0.0395. The van der Waals surface area contributed by atoms with Gasteiger partial charge in [-0.2, -0.15) is 0 Å². The van der Waals surface area contributed by atoms with E-state index in [2.05, 4.69) is 22.9 Å². The van der Waals surface area contributed by atoms with Gasteiger partial charge in [0.2, 0.25) is 17.7 Å². The molecule has 4 amide bonds. The molecule has 2 aliphatic rings. The maximum absolute atomic E-state index is 13.0. The number of nitrogens with zero attached hydrogens (tertiary/aromatic N) is 1. The molecule has 2 aliphatic heterocycles. The van der Waals surface area contributed by atoms with Crippen molar-refractivity contribution >= 4 is 40.5 Å². The number of amides is 4. The molecule has 2 heterocycles. The van der Waals surface area contributed by atoms with Crippen molar-refractivity contribution in [3.8, 4) is 17.2 Å². The molecule has 0 aliphatic carbocycles. The number of rotatable bonds is 22. The van der Waals surface area contributed by atoms with Gasteiger partial charge in [0, 0.05) is 42.7 Å². The number of fused-ring (bicyclic) bond motifs is 1. The van der Waals surface area contributed by atoms with Gasteiger partial charge in [0.15, 0.2) is 0 Å². The second kappa shape index (κ2) is 21.7. The largest absolute Gasteiger partial charge is 0.508 e. The summed E-state index contributed by atoms with van der Waals surface area (Å²) in [6, 6.07) is 26.8.